The molecular formula is C22H26ClN5OS. The summed E-state index contributed by atoms with van der Waals surface area (Å²) in [6.45, 7) is 7.99. The summed E-state index contributed by atoms with van der Waals surface area (Å²) in [4.78, 5) is 23.7. The molecule has 1 amide bonds. The van der Waals surface area contributed by atoms with Gasteiger partial charge in [0.25, 0.3) is 5.78 Å². The Bertz CT molecular complexity index is 1060. The average Bonchev–Trinajstić information content (AvgIpc) is 3.14. The van der Waals surface area contributed by atoms with E-state index in [2.05, 4.69) is 22.0 Å². The maximum absolute atomic E-state index is 12.5. The Morgan fingerprint density at radius 3 is 2.57 bits per heavy atom. The van der Waals surface area contributed by atoms with Crippen molar-refractivity contribution in [3.8, 4) is 0 Å². The standard InChI is InChI=1S/C22H26ClN5OS/c1-14-8-10-27(11-9-14)20(29)13-30-22-25-21-24-15(2)19(16(3)28(21)26-22)12-17-4-6-18(23)7-5-17/h4-7,14H,8-13H2,1-3H3. The molecule has 1 aromatic carbocycles. The fourth-order valence-electron chi connectivity index (χ4n) is 3.79. The minimum absolute atomic E-state index is 0.162. The highest BCUT2D eigenvalue weighted by Crippen LogP contribution is 2.22. The van der Waals surface area contributed by atoms with Crippen LogP contribution >= 0.6 is 23.4 Å². The van der Waals surface area contributed by atoms with Gasteiger partial charge >= 0.3 is 0 Å². The van der Waals surface area contributed by atoms with Gasteiger partial charge in [-0.1, -0.05) is 42.4 Å². The molecule has 1 fully saturated rings. The third kappa shape index (κ3) is 4.62. The molecule has 1 aliphatic heterocycles. The number of aromatic nitrogens is 4. The third-order valence-corrected chi connectivity index (χ3v) is 6.86. The van der Waals surface area contributed by atoms with E-state index in [1.165, 1.54) is 17.3 Å². The Labute approximate surface area is 186 Å². The summed E-state index contributed by atoms with van der Waals surface area (Å²) >= 11 is 7.39. The first-order chi connectivity index (χ1) is 14.4. The number of amides is 1. The van der Waals surface area contributed by atoms with Crippen LogP contribution in [0.2, 0.25) is 5.02 Å². The molecule has 0 atom stereocenters. The van der Waals surface area contributed by atoms with Crippen LogP contribution in [-0.2, 0) is 11.2 Å². The second kappa shape index (κ2) is 8.94. The highest BCUT2D eigenvalue weighted by molar-refractivity contribution is 7.99. The van der Waals surface area contributed by atoms with E-state index in [1.807, 2.05) is 43.0 Å². The monoisotopic (exact) mass is 443 g/mol. The molecule has 0 aliphatic carbocycles. The van der Waals surface area contributed by atoms with Crippen LogP contribution in [0.15, 0.2) is 29.4 Å². The van der Waals surface area contributed by atoms with Crippen LogP contribution in [0.1, 0.15) is 42.3 Å². The summed E-state index contributed by atoms with van der Waals surface area (Å²) in [5.41, 5.74) is 4.26. The molecule has 1 aliphatic rings. The van der Waals surface area contributed by atoms with Gasteiger partial charge in [-0.25, -0.2) is 9.50 Å². The van der Waals surface area contributed by atoms with Gasteiger partial charge in [0.15, 0.2) is 0 Å². The van der Waals surface area contributed by atoms with Crippen molar-refractivity contribution in [2.75, 3.05) is 18.8 Å². The number of hydrogen-bond acceptors (Lipinski definition) is 5. The van der Waals surface area contributed by atoms with E-state index < -0.39 is 0 Å². The number of nitrogens with zero attached hydrogens (tertiary/aromatic N) is 5. The van der Waals surface area contributed by atoms with Gasteiger partial charge in [0, 0.05) is 35.9 Å². The van der Waals surface area contributed by atoms with E-state index in [1.54, 1.807) is 4.52 Å². The number of hydrogen-bond donors (Lipinski definition) is 0. The predicted molar refractivity (Wildman–Crippen MR) is 120 cm³/mol. The average molecular weight is 444 g/mol. The van der Waals surface area contributed by atoms with Crippen LogP contribution < -0.4 is 0 Å². The largest absolute Gasteiger partial charge is 0.342 e. The molecule has 6 nitrogen and oxygen atoms in total. The molecular weight excluding hydrogens is 418 g/mol. The molecule has 0 bridgehead atoms. The van der Waals surface area contributed by atoms with Crippen molar-refractivity contribution in [2.24, 2.45) is 5.92 Å². The van der Waals surface area contributed by atoms with Crippen molar-refractivity contribution in [2.45, 2.75) is 45.2 Å². The lowest BCUT2D eigenvalue weighted by Gasteiger charge is -2.30. The van der Waals surface area contributed by atoms with Gasteiger partial charge < -0.3 is 4.90 Å². The fourth-order valence-corrected chi connectivity index (χ4v) is 4.64. The van der Waals surface area contributed by atoms with E-state index in [4.69, 9.17) is 11.6 Å². The lowest BCUT2D eigenvalue weighted by atomic mass is 9.99. The van der Waals surface area contributed by atoms with Gasteiger partial charge in [-0.15, -0.1) is 5.10 Å². The van der Waals surface area contributed by atoms with Crippen LogP contribution in [0.4, 0.5) is 0 Å². The van der Waals surface area contributed by atoms with E-state index in [9.17, 15) is 4.79 Å². The number of fused-ring (bicyclic) bond motifs is 1. The number of piperidine rings is 1. The Balaban J connectivity index is 1.49. The lowest BCUT2D eigenvalue weighted by molar-refractivity contribution is -0.129. The quantitative estimate of drug-likeness (QED) is 0.549. The van der Waals surface area contributed by atoms with Crippen LogP contribution in [0, 0.1) is 19.8 Å². The second-order valence-electron chi connectivity index (χ2n) is 8.02. The smallest absolute Gasteiger partial charge is 0.253 e. The first kappa shape index (κ1) is 21.1. The number of benzene rings is 1. The van der Waals surface area contributed by atoms with Gasteiger partial charge in [-0.3, -0.25) is 4.79 Å². The van der Waals surface area contributed by atoms with E-state index in [-0.39, 0.29) is 5.91 Å². The molecule has 2 aromatic heterocycles. The minimum atomic E-state index is 0.162. The van der Waals surface area contributed by atoms with E-state index in [0.29, 0.717) is 22.6 Å². The highest BCUT2D eigenvalue weighted by Gasteiger charge is 2.21. The maximum atomic E-state index is 12.5. The second-order valence-corrected chi connectivity index (χ2v) is 9.40. The number of halogens is 1. The van der Waals surface area contributed by atoms with Crippen molar-refractivity contribution >= 4 is 35.0 Å². The van der Waals surface area contributed by atoms with E-state index >= 15 is 0 Å². The Morgan fingerprint density at radius 2 is 1.87 bits per heavy atom. The van der Waals surface area contributed by atoms with Crippen molar-refractivity contribution in [3.05, 3.63) is 51.8 Å². The van der Waals surface area contributed by atoms with Gasteiger partial charge in [0.05, 0.1) is 5.75 Å². The molecule has 0 spiro atoms. The number of rotatable bonds is 5. The van der Waals surface area contributed by atoms with Gasteiger partial charge in [-0.05, 0) is 55.9 Å². The maximum Gasteiger partial charge on any atom is 0.253 e. The molecule has 158 valence electrons. The summed E-state index contributed by atoms with van der Waals surface area (Å²) in [5, 5.41) is 5.93. The van der Waals surface area contributed by atoms with Gasteiger partial charge in [0.2, 0.25) is 11.1 Å². The number of thioether (sulfide) groups is 1. The van der Waals surface area contributed by atoms with Crippen LogP contribution in [-0.4, -0.2) is 49.2 Å². The summed E-state index contributed by atoms with van der Waals surface area (Å²) in [5.74, 6) is 1.81. The van der Waals surface area contributed by atoms with E-state index in [0.717, 1.165) is 54.3 Å². The molecule has 3 heterocycles. The Kier molecular flexibility index (Phi) is 6.29. The zero-order valence-electron chi connectivity index (χ0n) is 17.6. The summed E-state index contributed by atoms with van der Waals surface area (Å²) in [6, 6.07) is 7.86. The molecule has 30 heavy (non-hydrogen) atoms. The summed E-state index contributed by atoms with van der Waals surface area (Å²) in [7, 11) is 0. The van der Waals surface area contributed by atoms with Gasteiger partial charge in [-0.2, -0.15) is 4.98 Å². The number of likely N-dealkylation sites (tertiary alicyclic amines) is 1. The van der Waals surface area contributed by atoms with Gasteiger partial charge in [0.1, 0.15) is 0 Å². The topological polar surface area (TPSA) is 63.4 Å². The third-order valence-electron chi connectivity index (χ3n) is 5.78. The molecule has 3 aromatic rings. The zero-order chi connectivity index (χ0) is 21.3. The lowest BCUT2D eigenvalue weighted by Crippen LogP contribution is -2.38. The minimum Gasteiger partial charge on any atom is -0.342 e. The zero-order valence-corrected chi connectivity index (χ0v) is 19.1. The number of carbonyl (C=O) groups is 1. The molecule has 1 saturated heterocycles. The van der Waals surface area contributed by atoms with Crippen LogP contribution in [0.25, 0.3) is 5.78 Å². The SMILES string of the molecule is Cc1nc2nc(SCC(=O)N3CCC(C)CC3)nn2c(C)c1Cc1ccc(Cl)cc1. The molecule has 8 heteroatoms. The van der Waals surface area contributed by atoms with Crippen LogP contribution in [0.3, 0.4) is 0 Å². The van der Waals surface area contributed by atoms with Crippen molar-refractivity contribution in [1.29, 1.82) is 0 Å². The normalized spacial score (nSPS) is 15.1. The number of carbonyl (C=O) groups excluding carboxylic acids is 1. The van der Waals surface area contributed by atoms with Crippen LogP contribution in [0.5, 0.6) is 0 Å². The first-order valence-corrected chi connectivity index (χ1v) is 11.6. The molecule has 0 radical (unpaired) electrons. The number of aryl methyl sites for hydroxylation is 2. The first-order valence-electron chi connectivity index (χ1n) is 10.3. The molecule has 0 N–H and O–H groups in total. The highest BCUT2D eigenvalue weighted by atomic mass is 35.5. The fraction of sp³-hybridized carbons (Fsp3) is 0.455. The Morgan fingerprint density at radius 1 is 1.17 bits per heavy atom. The molecule has 4 rings (SSSR count). The van der Waals surface area contributed by atoms with Crippen molar-refractivity contribution < 1.29 is 4.79 Å². The Hall–Kier alpha value is -2.12. The van der Waals surface area contributed by atoms with Crippen molar-refractivity contribution in [1.82, 2.24) is 24.5 Å². The molecule has 0 saturated carbocycles. The summed E-state index contributed by atoms with van der Waals surface area (Å²) in [6.07, 6.45) is 2.93. The van der Waals surface area contributed by atoms with Crippen molar-refractivity contribution in [3.63, 3.8) is 0 Å². The predicted octanol–water partition coefficient (Wildman–Crippen LogP) is 4.34. The summed E-state index contributed by atoms with van der Waals surface area (Å²) < 4.78 is 1.79. The molecule has 0 unspecified atom stereocenters.